The molecule has 0 aliphatic carbocycles. The van der Waals surface area contributed by atoms with Gasteiger partial charge in [0.2, 0.25) is 0 Å². The maximum absolute atomic E-state index is 13.3. The molecule has 0 aromatic heterocycles. The van der Waals surface area contributed by atoms with E-state index in [1.165, 1.54) is 29.6 Å². The van der Waals surface area contributed by atoms with Gasteiger partial charge in [-0.25, -0.2) is 13.2 Å². The number of benzene rings is 3. The predicted octanol–water partition coefficient (Wildman–Crippen LogP) is 3.99. The van der Waals surface area contributed by atoms with E-state index in [9.17, 15) is 13.2 Å². The van der Waals surface area contributed by atoms with Gasteiger partial charge in [-0.05, 0) is 54.8 Å². The Labute approximate surface area is 193 Å². The first-order valence-electron chi connectivity index (χ1n) is 10.6. The zero-order chi connectivity index (χ0) is 23.4. The molecule has 1 aliphatic rings. The highest BCUT2D eigenvalue weighted by Gasteiger charge is 2.31. The maximum Gasteiger partial charge on any atom is 0.342 e. The summed E-state index contributed by atoms with van der Waals surface area (Å²) in [6.07, 6.45) is 0.640. The van der Waals surface area contributed by atoms with Gasteiger partial charge in [-0.15, -0.1) is 0 Å². The van der Waals surface area contributed by atoms with Gasteiger partial charge >= 0.3 is 5.97 Å². The van der Waals surface area contributed by atoms with Crippen molar-refractivity contribution in [3.05, 3.63) is 83.4 Å². The van der Waals surface area contributed by atoms with Gasteiger partial charge in [-0.3, -0.25) is 4.31 Å². The molecule has 4 rings (SSSR count). The van der Waals surface area contributed by atoms with Crippen molar-refractivity contribution in [1.29, 1.82) is 0 Å². The van der Waals surface area contributed by atoms with Crippen LogP contribution in [0.15, 0.2) is 71.6 Å². The van der Waals surface area contributed by atoms with Crippen LogP contribution in [0.5, 0.6) is 11.5 Å². The summed E-state index contributed by atoms with van der Waals surface area (Å²) < 4.78 is 44.3. The average molecular weight is 468 g/mol. The number of anilines is 1. The van der Waals surface area contributed by atoms with Gasteiger partial charge in [-0.1, -0.05) is 36.4 Å². The summed E-state index contributed by atoms with van der Waals surface area (Å²) >= 11 is 0. The fourth-order valence-corrected chi connectivity index (χ4v) is 5.30. The van der Waals surface area contributed by atoms with Gasteiger partial charge in [-0.2, -0.15) is 0 Å². The van der Waals surface area contributed by atoms with Gasteiger partial charge in [0.15, 0.2) is 0 Å². The highest BCUT2D eigenvalue weighted by Crippen LogP contribution is 2.34. The van der Waals surface area contributed by atoms with E-state index in [0.717, 1.165) is 11.1 Å². The number of carbonyl (C=O) groups excluding carboxylic acids is 1. The largest absolute Gasteiger partial charge is 0.496 e. The second kappa shape index (κ2) is 9.54. The molecule has 0 radical (unpaired) electrons. The van der Waals surface area contributed by atoms with Crippen LogP contribution < -0.4 is 13.8 Å². The van der Waals surface area contributed by atoms with Crippen LogP contribution in [-0.4, -0.2) is 41.3 Å². The Kier molecular flexibility index (Phi) is 6.55. The van der Waals surface area contributed by atoms with E-state index in [4.69, 9.17) is 14.2 Å². The molecule has 0 atom stereocenters. The number of aryl methyl sites for hydroxylation is 1. The average Bonchev–Trinajstić information content (AvgIpc) is 3.27. The molecule has 0 N–H and O–H groups in total. The number of para-hydroxylation sites is 2. The normalized spacial score (nSPS) is 12.8. The lowest BCUT2D eigenvalue weighted by atomic mass is 10.2. The van der Waals surface area contributed by atoms with Crippen molar-refractivity contribution in [2.75, 3.05) is 31.2 Å². The zero-order valence-electron chi connectivity index (χ0n) is 18.5. The summed E-state index contributed by atoms with van der Waals surface area (Å²) in [5, 5.41) is 0. The fourth-order valence-electron chi connectivity index (χ4n) is 3.77. The van der Waals surface area contributed by atoms with Gasteiger partial charge < -0.3 is 14.2 Å². The number of hydrogen-bond acceptors (Lipinski definition) is 6. The van der Waals surface area contributed by atoms with Crippen molar-refractivity contribution >= 4 is 21.7 Å². The van der Waals surface area contributed by atoms with Crippen LogP contribution in [0.1, 0.15) is 21.5 Å². The van der Waals surface area contributed by atoms with E-state index in [2.05, 4.69) is 0 Å². The molecule has 7 nitrogen and oxygen atoms in total. The molecule has 0 amide bonds. The zero-order valence-corrected chi connectivity index (χ0v) is 19.3. The number of methoxy groups -OCH3 is 1. The highest BCUT2D eigenvalue weighted by molar-refractivity contribution is 7.92. The molecule has 3 aromatic carbocycles. The molecule has 0 spiro atoms. The number of hydrogen-bond donors (Lipinski definition) is 0. The first kappa shape index (κ1) is 22.7. The molecule has 8 heteroatoms. The quantitative estimate of drug-likeness (QED) is 0.368. The van der Waals surface area contributed by atoms with Crippen molar-refractivity contribution in [3.8, 4) is 11.5 Å². The lowest BCUT2D eigenvalue weighted by Crippen LogP contribution is -2.29. The predicted molar refractivity (Wildman–Crippen MR) is 125 cm³/mol. The molecule has 0 saturated carbocycles. The summed E-state index contributed by atoms with van der Waals surface area (Å²) in [5.41, 5.74) is 2.66. The van der Waals surface area contributed by atoms with Crippen LogP contribution in [0.4, 0.5) is 5.69 Å². The van der Waals surface area contributed by atoms with Crippen molar-refractivity contribution in [3.63, 3.8) is 0 Å². The second-order valence-electron chi connectivity index (χ2n) is 7.57. The number of esters is 1. The third-order valence-corrected chi connectivity index (χ3v) is 7.30. The second-order valence-corrected chi connectivity index (χ2v) is 9.43. The van der Waals surface area contributed by atoms with Gasteiger partial charge in [0.25, 0.3) is 10.0 Å². The van der Waals surface area contributed by atoms with E-state index in [-0.39, 0.29) is 29.4 Å². The molecule has 3 aromatic rings. The van der Waals surface area contributed by atoms with Gasteiger partial charge in [0.1, 0.15) is 30.3 Å². The Balaban J connectivity index is 1.49. The standard InChI is InChI=1S/C25H25NO6S/c1-18-7-3-6-10-23(18)31-15-16-32-25(27)21-17-20(11-12-24(21)30-2)33(28,29)26-14-13-19-8-4-5-9-22(19)26/h3-12,17H,13-16H2,1-2H3. The van der Waals surface area contributed by atoms with E-state index < -0.39 is 16.0 Å². The molecule has 0 saturated heterocycles. The molecular weight excluding hydrogens is 442 g/mol. The number of carbonyl (C=O) groups is 1. The van der Waals surface area contributed by atoms with E-state index in [1.807, 2.05) is 49.4 Å². The molecule has 0 fully saturated rings. The van der Waals surface area contributed by atoms with Crippen LogP contribution in [0.2, 0.25) is 0 Å². The molecule has 1 aliphatic heterocycles. The molecule has 172 valence electrons. The van der Waals surface area contributed by atoms with Gasteiger partial charge in [0.05, 0.1) is 17.7 Å². The molecular formula is C25H25NO6S. The third-order valence-electron chi connectivity index (χ3n) is 5.49. The number of ether oxygens (including phenoxy) is 3. The molecule has 1 heterocycles. The SMILES string of the molecule is COc1ccc(S(=O)(=O)N2CCc3ccccc32)cc1C(=O)OCCOc1ccccc1C. The van der Waals surface area contributed by atoms with Crippen LogP contribution in [0.25, 0.3) is 0 Å². The lowest BCUT2D eigenvalue weighted by Gasteiger charge is -2.20. The van der Waals surface area contributed by atoms with Crippen LogP contribution in [0.3, 0.4) is 0 Å². The third kappa shape index (κ3) is 4.66. The van der Waals surface area contributed by atoms with Crippen LogP contribution >= 0.6 is 0 Å². The Morgan fingerprint density at radius 1 is 0.970 bits per heavy atom. The van der Waals surface area contributed by atoms with Crippen molar-refractivity contribution in [2.24, 2.45) is 0 Å². The van der Waals surface area contributed by atoms with Crippen LogP contribution in [-0.2, 0) is 21.2 Å². The molecule has 33 heavy (non-hydrogen) atoms. The number of nitrogens with zero attached hydrogens (tertiary/aromatic N) is 1. The maximum atomic E-state index is 13.3. The summed E-state index contributed by atoms with van der Waals surface area (Å²) in [4.78, 5) is 12.7. The Hall–Kier alpha value is -3.52. The minimum absolute atomic E-state index is 0.00288. The first-order chi connectivity index (χ1) is 15.9. The topological polar surface area (TPSA) is 82.1 Å². The minimum Gasteiger partial charge on any atom is -0.496 e. The summed E-state index contributed by atoms with van der Waals surface area (Å²) in [5.74, 6) is 0.268. The van der Waals surface area contributed by atoms with Gasteiger partial charge in [0, 0.05) is 6.54 Å². The fraction of sp³-hybridized carbons (Fsp3) is 0.240. The smallest absolute Gasteiger partial charge is 0.342 e. The summed E-state index contributed by atoms with van der Waals surface area (Å²) in [6, 6.07) is 19.2. The molecule has 0 bridgehead atoms. The minimum atomic E-state index is -3.85. The molecule has 0 unspecified atom stereocenters. The first-order valence-corrected chi connectivity index (χ1v) is 12.0. The monoisotopic (exact) mass is 467 g/mol. The number of fused-ring (bicyclic) bond motifs is 1. The van der Waals surface area contributed by atoms with E-state index >= 15 is 0 Å². The van der Waals surface area contributed by atoms with Crippen molar-refractivity contribution in [1.82, 2.24) is 0 Å². The summed E-state index contributed by atoms with van der Waals surface area (Å²) in [6.45, 7) is 2.45. The van der Waals surface area contributed by atoms with E-state index in [1.54, 1.807) is 6.07 Å². The van der Waals surface area contributed by atoms with E-state index in [0.29, 0.717) is 24.4 Å². The van der Waals surface area contributed by atoms with Crippen molar-refractivity contribution < 1.29 is 27.4 Å². The highest BCUT2D eigenvalue weighted by atomic mass is 32.2. The number of sulfonamides is 1. The summed E-state index contributed by atoms with van der Waals surface area (Å²) in [7, 11) is -2.44. The Morgan fingerprint density at radius 3 is 2.52 bits per heavy atom. The Bertz CT molecular complexity index is 1270. The number of rotatable bonds is 8. The lowest BCUT2D eigenvalue weighted by molar-refractivity contribution is 0.0446. The Morgan fingerprint density at radius 2 is 1.73 bits per heavy atom. The van der Waals surface area contributed by atoms with Crippen molar-refractivity contribution in [2.45, 2.75) is 18.2 Å². The van der Waals surface area contributed by atoms with Crippen LogP contribution in [0, 0.1) is 6.92 Å².